The first-order valence-electron chi connectivity index (χ1n) is 18.9. The van der Waals surface area contributed by atoms with Crippen LogP contribution in [0.4, 0.5) is 0 Å². The van der Waals surface area contributed by atoms with Crippen molar-refractivity contribution in [1.82, 2.24) is 24.1 Å². The smallest absolute Gasteiger partial charge is 0.164 e. The standard InChI is InChI=1S/C51H33N5/c1-5-15-34(16-6-1)38-27-30-44-42(33-38)48-46(32-31-45-47(48)41-23-13-14-24-43(41)55(45)39-21-11-4-12-22-39)56(44)40-28-25-37(26-29-40)51-53-49(35-17-7-2-8-18-35)52-50(54-51)36-19-9-3-10-20-36/h1-33H. The first-order chi connectivity index (χ1) is 27.8. The minimum atomic E-state index is 0.634. The third kappa shape index (κ3) is 5.21. The molecule has 11 aromatic rings. The molecule has 0 aliphatic carbocycles. The van der Waals surface area contributed by atoms with E-state index in [0.717, 1.165) is 39.1 Å². The molecule has 5 nitrogen and oxygen atoms in total. The Morgan fingerprint density at radius 3 is 1.23 bits per heavy atom. The van der Waals surface area contributed by atoms with E-state index in [1.807, 2.05) is 60.7 Å². The highest BCUT2D eigenvalue weighted by molar-refractivity contribution is 6.29. The second kappa shape index (κ2) is 13.0. The van der Waals surface area contributed by atoms with E-state index in [1.54, 1.807) is 0 Å². The Bertz CT molecular complexity index is 3150. The van der Waals surface area contributed by atoms with E-state index in [2.05, 4.69) is 149 Å². The summed E-state index contributed by atoms with van der Waals surface area (Å²) in [5, 5.41) is 4.93. The van der Waals surface area contributed by atoms with Crippen molar-refractivity contribution < 1.29 is 0 Å². The van der Waals surface area contributed by atoms with Gasteiger partial charge in [0.25, 0.3) is 0 Å². The number of aromatic nitrogens is 5. The molecule has 0 saturated heterocycles. The fourth-order valence-electron chi connectivity index (χ4n) is 8.21. The van der Waals surface area contributed by atoms with Crippen LogP contribution in [-0.4, -0.2) is 24.1 Å². The second-order valence-corrected chi connectivity index (χ2v) is 14.1. The lowest BCUT2D eigenvalue weighted by atomic mass is 10.0. The highest BCUT2D eigenvalue weighted by Crippen LogP contribution is 2.43. The molecule has 0 saturated carbocycles. The molecule has 0 bridgehead atoms. The summed E-state index contributed by atoms with van der Waals surface area (Å²) >= 11 is 0. The molecule has 0 unspecified atom stereocenters. The Morgan fingerprint density at radius 2 is 0.661 bits per heavy atom. The second-order valence-electron chi connectivity index (χ2n) is 14.1. The van der Waals surface area contributed by atoms with Crippen LogP contribution in [0.3, 0.4) is 0 Å². The molecule has 0 fully saturated rings. The lowest BCUT2D eigenvalue weighted by Crippen LogP contribution is -2.00. The SMILES string of the molecule is c1ccc(-c2ccc3c(c2)c2c4c5ccccc5n(-c5ccccc5)c4ccc2n3-c2ccc(-c3nc(-c4ccccc4)nc(-c4ccccc4)n3)cc2)cc1. The zero-order valence-corrected chi connectivity index (χ0v) is 30.3. The van der Waals surface area contributed by atoms with Gasteiger partial charge in [0.2, 0.25) is 0 Å². The zero-order valence-electron chi connectivity index (χ0n) is 30.3. The van der Waals surface area contributed by atoms with Crippen LogP contribution in [0.2, 0.25) is 0 Å². The third-order valence-corrected chi connectivity index (χ3v) is 10.8. The number of fused-ring (bicyclic) bond motifs is 7. The molecule has 0 radical (unpaired) electrons. The molecule has 11 rings (SSSR count). The molecule has 8 aromatic carbocycles. The maximum absolute atomic E-state index is 4.99. The molecule has 262 valence electrons. The lowest BCUT2D eigenvalue weighted by molar-refractivity contribution is 1.07. The van der Waals surface area contributed by atoms with Crippen LogP contribution in [-0.2, 0) is 0 Å². The number of benzene rings is 8. The summed E-state index contributed by atoms with van der Waals surface area (Å²) in [7, 11) is 0. The summed E-state index contributed by atoms with van der Waals surface area (Å²) in [6.07, 6.45) is 0. The summed E-state index contributed by atoms with van der Waals surface area (Å²) < 4.78 is 4.79. The van der Waals surface area contributed by atoms with E-state index in [4.69, 9.17) is 15.0 Å². The molecular weight excluding hydrogens is 683 g/mol. The number of nitrogens with zero attached hydrogens (tertiary/aromatic N) is 5. The van der Waals surface area contributed by atoms with Crippen LogP contribution in [0.25, 0.3) is 100 Å². The molecule has 3 aromatic heterocycles. The van der Waals surface area contributed by atoms with Gasteiger partial charge in [-0.25, -0.2) is 15.0 Å². The van der Waals surface area contributed by atoms with Crippen molar-refractivity contribution in [3.63, 3.8) is 0 Å². The predicted molar refractivity (Wildman–Crippen MR) is 230 cm³/mol. The van der Waals surface area contributed by atoms with Crippen LogP contribution < -0.4 is 0 Å². The highest BCUT2D eigenvalue weighted by Gasteiger charge is 2.21. The first kappa shape index (κ1) is 31.9. The highest BCUT2D eigenvalue weighted by atomic mass is 15.0. The molecule has 0 atom stereocenters. The minimum absolute atomic E-state index is 0.634. The monoisotopic (exact) mass is 715 g/mol. The quantitative estimate of drug-likeness (QED) is 0.172. The van der Waals surface area contributed by atoms with Gasteiger partial charge < -0.3 is 9.13 Å². The van der Waals surface area contributed by atoms with Gasteiger partial charge in [-0.3, -0.25) is 0 Å². The van der Waals surface area contributed by atoms with E-state index in [-0.39, 0.29) is 0 Å². The van der Waals surface area contributed by atoms with Crippen LogP contribution in [0.5, 0.6) is 0 Å². The van der Waals surface area contributed by atoms with Gasteiger partial charge in [0.1, 0.15) is 0 Å². The normalized spacial score (nSPS) is 11.6. The lowest BCUT2D eigenvalue weighted by Gasteiger charge is -2.11. The average molecular weight is 716 g/mol. The van der Waals surface area contributed by atoms with Gasteiger partial charge in [-0.15, -0.1) is 0 Å². The van der Waals surface area contributed by atoms with E-state index in [1.165, 1.54) is 43.7 Å². The number of para-hydroxylation sites is 2. The van der Waals surface area contributed by atoms with E-state index >= 15 is 0 Å². The fourth-order valence-corrected chi connectivity index (χ4v) is 8.21. The van der Waals surface area contributed by atoms with Crippen molar-refractivity contribution in [2.45, 2.75) is 0 Å². The molecular formula is C51H33N5. The Morgan fingerprint density at radius 1 is 0.268 bits per heavy atom. The van der Waals surface area contributed by atoms with Gasteiger partial charge in [0.05, 0.1) is 22.1 Å². The zero-order chi connectivity index (χ0) is 37.0. The topological polar surface area (TPSA) is 48.5 Å². The van der Waals surface area contributed by atoms with Crippen molar-refractivity contribution in [1.29, 1.82) is 0 Å². The Balaban J connectivity index is 1.14. The van der Waals surface area contributed by atoms with E-state index in [9.17, 15) is 0 Å². The van der Waals surface area contributed by atoms with Crippen LogP contribution in [0.1, 0.15) is 0 Å². The maximum Gasteiger partial charge on any atom is 0.164 e. The van der Waals surface area contributed by atoms with E-state index in [0.29, 0.717) is 17.5 Å². The van der Waals surface area contributed by atoms with Gasteiger partial charge in [0, 0.05) is 49.6 Å². The molecule has 5 heteroatoms. The Kier molecular flexibility index (Phi) is 7.42. The summed E-state index contributed by atoms with van der Waals surface area (Å²) in [5.41, 5.74) is 12.1. The summed E-state index contributed by atoms with van der Waals surface area (Å²) in [6.45, 7) is 0. The maximum atomic E-state index is 4.99. The van der Waals surface area contributed by atoms with E-state index < -0.39 is 0 Å². The molecule has 0 aliphatic heterocycles. The van der Waals surface area contributed by atoms with Crippen molar-refractivity contribution in [3.05, 3.63) is 200 Å². The summed E-state index contributed by atoms with van der Waals surface area (Å²) in [5.74, 6) is 1.93. The predicted octanol–water partition coefficient (Wildman–Crippen LogP) is 12.7. The van der Waals surface area contributed by atoms with Crippen molar-refractivity contribution in [2.24, 2.45) is 0 Å². The van der Waals surface area contributed by atoms with Crippen LogP contribution in [0, 0.1) is 0 Å². The van der Waals surface area contributed by atoms with Crippen molar-refractivity contribution >= 4 is 43.6 Å². The molecule has 0 N–H and O–H groups in total. The van der Waals surface area contributed by atoms with Crippen molar-refractivity contribution in [3.8, 4) is 56.7 Å². The largest absolute Gasteiger partial charge is 0.309 e. The number of hydrogen-bond acceptors (Lipinski definition) is 3. The fraction of sp³-hybridized carbons (Fsp3) is 0. The average Bonchev–Trinajstić information content (AvgIpc) is 3.80. The van der Waals surface area contributed by atoms with Gasteiger partial charge in [0.15, 0.2) is 17.5 Å². The molecule has 0 spiro atoms. The molecule has 0 aliphatic rings. The van der Waals surface area contributed by atoms with Gasteiger partial charge in [-0.2, -0.15) is 0 Å². The number of rotatable bonds is 6. The third-order valence-electron chi connectivity index (χ3n) is 10.8. The Hall–Kier alpha value is -7.63. The van der Waals surface area contributed by atoms with Gasteiger partial charge in [-0.1, -0.05) is 133 Å². The summed E-state index contributed by atoms with van der Waals surface area (Å²) in [6, 6.07) is 70.4. The Labute approximate surface area is 323 Å². The number of hydrogen-bond donors (Lipinski definition) is 0. The van der Waals surface area contributed by atoms with Gasteiger partial charge >= 0.3 is 0 Å². The van der Waals surface area contributed by atoms with Gasteiger partial charge in [-0.05, 0) is 77.9 Å². The van der Waals surface area contributed by atoms with Crippen molar-refractivity contribution in [2.75, 3.05) is 0 Å². The first-order valence-corrected chi connectivity index (χ1v) is 18.9. The molecule has 0 amide bonds. The molecule has 3 heterocycles. The summed E-state index contributed by atoms with van der Waals surface area (Å²) in [4.78, 5) is 14.9. The van der Waals surface area contributed by atoms with Crippen LogP contribution in [0.15, 0.2) is 200 Å². The minimum Gasteiger partial charge on any atom is -0.309 e. The van der Waals surface area contributed by atoms with Crippen LogP contribution >= 0.6 is 0 Å². The molecule has 56 heavy (non-hydrogen) atoms.